The fraction of sp³-hybridized carbons (Fsp3) is 0.176. The summed E-state index contributed by atoms with van der Waals surface area (Å²) in [6.07, 6.45) is 0. The Balaban J connectivity index is 1.98. The molecular weight excluding hydrogens is 317 g/mol. The third-order valence-corrected chi connectivity index (χ3v) is 3.83. The SMILES string of the molecule is CCOC(=O)CSc1cccc(NC(=O)c2ccc(F)cc2)c1. The maximum atomic E-state index is 12.9. The van der Waals surface area contributed by atoms with Crippen molar-refractivity contribution in [2.24, 2.45) is 0 Å². The highest BCUT2D eigenvalue weighted by Gasteiger charge is 2.08. The second kappa shape index (κ2) is 8.33. The zero-order valence-electron chi connectivity index (χ0n) is 12.5. The Morgan fingerprint density at radius 3 is 2.61 bits per heavy atom. The predicted molar refractivity (Wildman–Crippen MR) is 88.2 cm³/mol. The molecule has 0 aliphatic rings. The molecule has 0 aromatic heterocycles. The third kappa shape index (κ3) is 5.41. The van der Waals surface area contributed by atoms with Crippen LogP contribution in [0, 0.1) is 5.82 Å². The van der Waals surface area contributed by atoms with Crippen LogP contribution in [-0.4, -0.2) is 24.2 Å². The average Bonchev–Trinajstić information content (AvgIpc) is 2.54. The second-order valence-corrected chi connectivity index (χ2v) is 5.63. The molecule has 1 amide bonds. The summed E-state index contributed by atoms with van der Waals surface area (Å²) in [5.41, 5.74) is 0.976. The number of hydrogen-bond donors (Lipinski definition) is 1. The molecule has 23 heavy (non-hydrogen) atoms. The summed E-state index contributed by atoms with van der Waals surface area (Å²) in [6, 6.07) is 12.5. The van der Waals surface area contributed by atoms with Crippen LogP contribution in [-0.2, 0) is 9.53 Å². The molecule has 4 nitrogen and oxygen atoms in total. The summed E-state index contributed by atoms with van der Waals surface area (Å²) in [5, 5.41) is 2.74. The van der Waals surface area contributed by atoms with Gasteiger partial charge in [0.05, 0.1) is 12.4 Å². The highest BCUT2D eigenvalue weighted by Crippen LogP contribution is 2.22. The number of carbonyl (C=O) groups excluding carboxylic acids is 2. The lowest BCUT2D eigenvalue weighted by atomic mass is 10.2. The number of hydrogen-bond acceptors (Lipinski definition) is 4. The molecule has 2 aromatic rings. The van der Waals surface area contributed by atoms with Crippen molar-refractivity contribution >= 4 is 29.3 Å². The van der Waals surface area contributed by atoms with Crippen LogP contribution in [0.25, 0.3) is 0 Å². The Labute approximate surface area is 138 Å². The predicted octanol–water partition coefficient (Wildman–Crippen LogP) is 3.73. The Morgan fingerprint density at radius 1 is 1.17 bits per heavy atom. The number of thioether (sulfide) groups is 1. The smallest absolute Gasteiger partial charge is 0.316 e. The summed E-state index contributed by atoms with van der Waals surface area (Å²) >= 11 is 1.33. The van der Waals surface area contributed by atoms with Gasteiger partial charge in [0.15, 0.2) is 0 Å². The van der Waals surface area contributed by atoms with Crippen LogP contribution in [0.15, 0.2) is 53.4 Å². The van der Waals surface area contributed by atoms with Crippen LogP contribution in [0.2, 0.25) is 0 Å². The monoisotopic (exact) mass is 333 g/mol. The Morgan fingerprint density at radius 2 is 1.91 bits per heavy atom. The van der Waals surface area contributed by atoms with E-state index in [4.69, 9.17) is 4.74 Å². The van der Waals surface area contributed by atoms with Crippen molar-refractivity contribution in [3.05, 3.63) is 59.9 Å². The Bertz CT molecular complexity index is 688. The second-order valence-electron chi connectivity index (χ2n) is 4.58. The molecule has 2 rings (SSSR count). The first-order chi connectivity index (χ1) is 11.1. The van der Waals surface area contributed by atoms with E-state index in [0.29, 0.717) is 17.9 Å². The molecule has 0 fully saturated rings. The Kier molecular flexibility index (Phi) is 6.17. The van der Waals surface area contributed by atoms with Crippen molar-refractivity contribution in [3.63, 3.8) is 0 Å². The number of ether oxygens (including phenoxy) is 1. The molecule has 0 unspecified atom stereocenters. The maximum absolute atomic E-state index is 12.9. The standard InChI is InChI=1S/C17H16FNO3S/c1-2-22-16(20)11-23-15-5-3-4-14(10-15)19-17(21)12-6-8-13(18)9-7-12/h3-10H,2,11H2,1H3,(H,19,21). The molecule has 0 spiro atoms. The molecule has 0 atom stereocenters. The van der Waals surface area contributed by atoms with E-state index >= 15 is 0 Å². The topological polar surface area (TPSA) is 55.4 Å². The summed E-state index contributed by atoms with van der Waals surface area (Å²) in [5.74, 6) is -0.780. The highest BCUT2D eigenvalue weighted by molar-refractivity contribution is 8.00. The lowest BCUT2D eigenvalue weighted by Gasteiger charge is -2.07. The number of esters is 1. The minimum Gasteiger partial charge on any atom is -0.465 e. The highest BCUT2D eigenvalue weighted by atomic mass is 32.2. The third-order valence-electron chi connectivity index (χ3n) is 2.86. The normalized spacial score (nSPS) is 10.2. The van der Waals surface area contributed by atoms with E-state index in [1.807, 2.05) is 6.07 Å². The largest absolute Gasteiger partial charge is 0.465 e. The van der Waals surface area contributed by atoms with Crippen LogP contribution >= 0.6 is 11.8 Å². The van der Waals surface area contributed by atoms with Crippen molar-refractivity contribution in [1.82, 2.24) is 0 Å². The van der Waals surface area contributed by atoms with E-state index in [9.17, 15) is 14.0 Å². The summed E-state index contributed by atoms with van der Waals surface area (Å²) in [7, 11) is 0. The zero-order valence-corrected chi connectivity index (χ0v) is 13.4. The fourth-order valence-corrected chi connectivity index (χ4v) is 2.57. The first-order valence-electron chi connectivity index (χ1n) is 7.04. The lowest BCUT2D eigenvalue weighted by Crippen LogP contribution is -2.11. The van der Waals surface area contributed by atoms with Gasteiger partial charge >= 0.3 is 5.97 Å². The van der Waals surface area contributed by atoms with Gasteiger partial charge < -0.3 is 10.1 Å². The number of benzene rings is 2. The van der Waals surface area contributed by atoms with E-state index in [1.54, 1.807) is 25.1 Å². The van der Waals surface area contributed by atoms with Crippen LogP contribution in [0.1, 0.15) is 17.3 Å². The van der Waals surface area contributed by atoms with Gasteiger partial charge in [0.2, 0.25) is 0 Å². The van der Waals surface area contributed by atoms with Crippen LogP contribution in [0.5, 0.6) is 0 Å². The molecule has 1 N–H and O–H groups in total. The van der Waals surface area contributed by atoms with Crippen LogP contribution < -0.4 is 5.32 Å². The number of amides is 1. The van der Waals surface area contributed by atoms with Gasteiger partial charge in [-0.15, -0.1) is 11.8 Å². The average molecular weight is 333 g/mol. The number of carbonyl (C=O) groups is 2. The summed E-state index contributed by atoms with van der Waals surface area (Å²) in [4.78, 5) is 24.3. The van der Waals surface area contributed by atoms with Gasteiger partial charge in [-0.2, -0.15) is 0 Å². The van der Waals surface area contributed by atoms with E-state index < -0.39 is 0 Å². The molecule has 0 heterocycles. The Hall–Kier alpha value is -2.34. The van der Waals surface area contributed by atoms with Gasteiger partial charge in [-0.05, 0) is 49.4 Å². The van der Waals surface area contributed by atoms with Gasteiger partial charge in [0, 0.05) is 16.1 Å². The molecule has 120 valence electrons. The van der Waals surface area contributed by atoms with Crippen LogP contribution in [0.3, 0.4) is 0 Å². The first kappa shape index (κ1) is 17.0. The lowest BCUT2D eigenvalue weighted by molar-refractivity contribution is -0.139. The minimum absolute atomic E-state index is 0.212. The number of nitrogens with one attached hydrogen (secondary N) is 1. The van der Waals surface area contributed by atoms with E-state index in [2.05, 4.69) is 5.32 Å². The molecule has 2 aromatic carbocycles. The van der Waals surface area contributed by atoms with Crippen molar-refractivity contribution in [1.29, 1.82) is 0 Å². The van der Waals surface area contributed by atoms with Crippen molar-refractivity contribution in [2.75, 3.05) is 17.7 Å². The van der Waals surface area contributed by atoms with E-state index in [-0.39, 0.29) is 23.4 Å². The molecule has 0 radical (unpaired) electrons. The number of rotatable bonds is 6. The summed E-state index contributed by atoms with van der Waals surface area (Å²) in [6.45, 7) is 2.11. The van der Waals surface area contributed by atoms with Gasteiger partial charge in [-0.1, -0.05) is 6.07 Å². The van der Waals surface area contributed by atoms with Crippen LogP contribution in [0.4, 0.5) is 10.1 Å². The van der Waals surface area contributed by atoms with Crippen molar-refractivity contribution < 1.29 is 18.7 Å². The van der Waals surface area contributed by atoms with Gasteiger partial charge in [0.25, 0.3) is 5.91 Å². The first-order valence-corrected chi connectivity index (χ1v) is 8.02. The molecule has 0 aliphatic carbocycles. The zero-order chi connectivity index (χ0) is 16.7. The van der Waals surface area contributed by atoms with Gasteiger partial charge in [0.1, 0.15) is 5.82 Å². The van der Waals surface area contributed by atoms with Gasteiger partial charge in [-0.3, -0.25) is 9.59 Å². The molecule has 6 heteroatoms. The number of halogens is 1. The van der Waals surface area contributed by atoms with Gasteiger partial charge in [-0.25, -0.2) is 4.39 Å². The fourth-order valence-electron chi connectivity index (χ4n) is 1.81. The van der Waals surface area contributed by atoms with Crippen molar-refractivity contribution in [2.45, 2.75) is 11.8 Å². The quantitative estimate of drug-likeness (QED) is 0.646. The molecular formula is C17H16FNO3S. The maximum Gasteiger partial charge on any atom is 0.316 e. The van der Waals surface area contributed by atoms with E-state index in [0.717, 1.165) is 4.90 Å². The number of anilines is 1. The molecule has 0 saturated carbocycles. The van der Waals surface area contributed by atoms with Crippen molar-refractivity contribution in [3.8, 4) is 0 Å². The van der Waals surface area contributed by atoms with E-state index in [1.165, 1.54) is 36.0 Å². The minimum atomic E-state index is -0.390. The summed E-state index contributed by atoms with van der Waals surface area (Å²) < 4.78 is 17.7. The molecule has 0 aliphatic heterocycles. The molecule has 0 bridgehead atoms. The molecule has 0 saturated heterocycles.